The first-order valence-corrected chi connectivity index (χ1v) is 2.37. The Labute approximate surface area is 83.5 Å². The van der Waals surface area contributed by atoms with E-state index in [9.17, 15) is 0 Å². The molecule has 0 saturated carbocycles. The van der Waals surface area contributed by atoms with Gasteiger partial charge in [0, 0.05) is 13.2 Å². The largest absolute Gasteiger partial charge is 2.00 e. The van der Waals surface area contributed by atoms with Crippen molar-refractivity contribution in [2.45, 2.75) is 12.8 Å². The van der Waals surface area contributed by atoms with Crippen molar-refractivity contribution < 1.29 is 21.7 Å². The Hall–Kier alpha value is 0.766. The van der Waals surface area contributed by atoms with Crippen LogP contribution < -0.4 is 17.0 Å². The standard InChI is InChI=1S/C4H8O.C2H.BrH.Mg/c1-2-4-5-3-1;1-2;;/h1-4H2;1H;1H;/q;-1;;+2/p-1. The minimum Gasteiger partial charge on any atom is -1.00 e. The van der Waals surface area contributed by atoms with Gasteiger partial charge in [-0.05, 0) is 12.8 Å². The average molecular weight is 201 g/mol. The van der Waals surface area contributed by atoms with Crippen LogP contribution in [0.2, 0.25) is 0 Å². The first-order chi connectivity index (χ1) is 3.50. The average Bonchev–Trinajstić information content (AvgIpc) is 2.23. The van der Waals surface area contributed by atoms with Crippen LogP contribution in [-0.4, -0.2) is 36.3 Å². The number of hydrogen-bond donors (Lipinski definition) is 0. The van der Waals surface area contributed by atoms with Crippen molar-refractivity contribution >= 4 is 23.1 Å². The fourth-order valence-electron chi connectivity index (χ4n) is 0.510. The summed E-state index contributed by atoms with van der Waals surface area (Å²) in [6.45, 7) is 2.00. The Bertz CT molecular complexity index is 44.7. The smallest absolute Gasteiger partial charge is 1.00 e. The maximum absolute atomic E-state index is 5.25. The molecule has 0 aliphatic carbocycles. The van der Waals surface area contributed by atoms with Gasteiger partial charge >= 0.3 is 23.1 Å². The van der Waals surface area contributed by atoms with Gasteiger partial charge < -0.3 is 34.6 Å². The Morgan fingerprint density at radius 3 is 1.56 bits per heavy atom. The van der Waals surface area contributed by atoms with Crippen LogP contribution in [0, 0.1) is 12.8 Å². The third-order valence-electron chi connectivity index (χ3n) is 0.827. The van der Waals surface area contributed by atoms with E-state index in [1.54, 1.807) is 0 Å². The quantitative estimate of drug-likeness (QED) is 0.242. The van der Waals surface area contributed by atoms with Gasteiger partial charge in [0.15, 0.2) is 0 Å². The van der Waals surface area contributed by atoms with Crippen LogP contribution in [0.15, 0.2) is 0 Å². The van der Waals surface area contributed by atoms with E-state index in [1.165, 1.54) is 12.8 Å². The third-order valence-corrected chi connectivity index (χ3v) is 0.827. The maximum Gasteiger partial charge on any atom is 2.00 e. The van der Waals surface area contributed by atoms with Gasteiger partial charge in [-0.15, -0.1) is 0 Å². The third kappa shape index (κ3) is 12.1. The molecule has 0 radical (unpaired) electrons. The fourth-order valence-corrected chi connectivity index (χ4v) is 0.510. The van der Waals surface area contributed by atoms with Gasteiger partial charge in [-0.25, -0.2) is 0 Å². The van der Waals surface area contributed by atoms with Crippen molar-refractivity contribution in [3.63, 3.8) is 0 Å². The number of terminal acetylenes is 1. The van der Waals surface area contributed by atoms with Gasteiger partial charge in [-0.1, -0.05) is 0 Å². The van der Waals surface area contributed by atoms with Crippen LogP contribution in [-0.2, 0) is 4.74 Å². The molecule has 9 heavy (non-hydrogen) atoms. The van der Waals surface area contributed by atoms with E-state index in [0.29, 0.717) is 0 Å². The summed E-state index contributed by atoms with van der Waals surface area (Å²) in [4.78, 5) is 0. The molecule has 0 amide bonds. The Kier molecular flexibility index (Phi) is 29.0. The molecular weight excluding hydrogens is 192 g/mol. The van der Waals surface area contributed by atoms with Crippen molar-refractivity contribution in [3.05, 3.63) is 6.42 Å². The minimum absolute atomic E-state index is 0. The fraction of sp³-hybridized carbons (Fsp3) is 0.667. The van der Waals surface area contributed by atoms with Crippen LogP contribution in [0.3, 0.4) is 0 Å². The van der Waals surface area contributed by atoms with Gasteiger partial charge in [0.05, 0.1) is 0 Å². The Balaban J connectivity index is -0.0000000836. The molecule has 1 aliphatic heterocycles. The molecule has 1 nitrogen and oxygen atoms in total. The predicted molar refractivity (Wildman–Crippen MR) is 34.0 cm³/mol. The van der Waals surface area contributed by atoms with E-state index >= 15 is 0 Å². The zero-order chi connectivity index (χ0) is 5.54. The zero-order valence-electron chi connectivity index (χ0n) is 5.40. The van der Waals surface area contributed by atoms with Crippen molar-refractivity contribution in [1.82, 2.24) is 0 Å². The summed E-state index contributed by atoms with van der Waals surface area (Å²) >= 11 is 0. The Morgan fingerprint density at radius 1 is 1.11 bits per heavy atom. The second-order valence-corrected chi connectivity index (χ2v) is 1.32. The molecule has 48 valence electrons. The summed E-state index contributed by atoms with van der Waals surface area (Å²) < 4.78 is 4.94. The molecule has 0 atom stereocenters. The second kappa shape index (κ2) is 15.9. The van der Waals surface area contributed by atoms with E-state index in [0.717, 1.165) is 13.2 Å². The van der Waals surface area contributed by atoms with E-state index in [1.807, 2.05) is 0 Å². The summed E-state index contributed by atoms with van der Waals surface area (Å²) in [5, 5.41) is 0. The summed E-state index contributed by atoms with van der Waals surface area (Å²) in [5.41, 5.74) is 0. The van der Waals surface area contributed by atoms with Gasteiger partial charge in [-0.3, -0.25) is 0 Å². The van der Waals surface area contributed by atoms with E-state index in [4.69, 9.17) is 11.2 Å². The van der Waals surface area contributed by atoms with Crippen LogP contribution >= 0.6 is 0 Å². The molecule has 0 spiro atoms. The van der Waals surface area contributed by atoms with Gasteiger partial charge in [0.1, 0.15) is 0 Å². The summed E-state index contributed by atoms with van der Waals surface area (Å²) in [7, 11) is 0. The van der Waals surface area contributed by atoms with Crippen LogP contribution in [0.25, 0.3) is 0 Å². The number of rotatable bonds is 0. The molecule has 0 aromatic carbocycles. The van der Waals surface area contributed by atoms with Gasteiger partial charge in [0.25, 0.3) is 0 Å². The van der Waals surface area contributed by atoms with Crippen molar-refractivity contribution in [2.24, 2.45) is 0 Å². The van der Waals surface area contributed by atoms with Crippen LogP contribution in [0.4, 0.5) is 0 Å². The second-order valence-electron chi connectivity index (χ2n) is 1.32. The molecule has 0 bridgehead atoms. The molecule has 3 heteroatoms. The SMILES string of the molecule is C1CCOC1.[Br-].[C-]#C.[Mg+2]. The zero-order valence-corrected chi connectivity index (χ0v) is 8.40. The first kappa shape index (κ1) is 16.4. The molecule has 1 fully saturated rings. The number of hydrogen-bond acceptors (Lipinski definition) is 1. The molecule has 1 aliphatic rings. The van der Waals surface area contributed by atoms with Crippen LogP contribution in [0.1, 0.15) is 12.8 Å². The van der Waals surface area contributed by atoms with Crippen LogP contribution in [0.5, 0.6) is 0 Å². The summed E-state index contributed by atoms with van der Waals surface area (Å²) in [6.07, 6.45) is 11.6. The normalized spacial score (nSPS) is 13.6. The molecule has 0 unspecified atom stereocenters. The summed E-state index contributed by atoms with van der Waals surface area (Å²) in [5.74, 6) is 0. The van der Waals surface area contributed by atoms with Crippen molar-refractivity contribution in [3.8, 4) is 6.42 Å². The molecular formula is C6H9BrMgO. The first-order valence-electron chi connectivity index (χ1n) is 2.37. The monoisotopic (exact) mass is 200 g/mol. The van der Waals surface area contributed by atoms with E-state index in [2.05, 4.69) is 6.42 Å². The number of halogens is 1. The van der Waals surface area contributed by atoms with Gasteiger partial charge in [-0.2, -0.15) is 0 Å². The number of ether oxygens (including phenoxy) is 1. The minimum atomic E-state index is 0. The Morgan fingerprint density at radius 2 is 1.44 bits per heavy atom. The molecule has 1 heterocycles. The molecule has 1 rings (SSSR count). The van der Waals surface area contributed by atoms with Crippen molar-refractivity contribution in [2.75, 3.05) is 13.2 Å². The molecule has 0 aromatic rings. The van der Waals surface area contributed by atoms with E-state index in [-0.39, 0.29) is 40.0 Å². The maximum atomic E-state index is 5.25. The van der Waals surface area contributed by atoms with Gasteiger partial charge in [0.2, 0.25) is 0 Å². The topological polar surface area (TPSA) is 9.23 Å². The predicted octanol–water partition coefficient (Wildman–Crippen LogP) is -2.37. The van der Waals surface area contributed by atoms with Crippen molar-refractivity contribution in [1.29, 1.82) is 0 Å². The molecule has 1 saturated heterocycles. The summed E-state index contributed by atoms with van der Waals surface area (Å²) in [6, 6.07) is 0. The molecule has 0 N–H and O–H groups in total. The van der Waals surface area contributed by atoms with E-state index < -0.39 is 0 Å². The molecule has 0 aromatic heterocycles.